The fraction of sp³-hybridized carbons (Fsp3) is 0. The summed E-state index contributed by atoms with van der Waals surface area (Å²) in [6.45, 7) is 0. The quantitative estimate of drug-likeness (QED) is 0.434. The van der Waals surface area contributed by atoms with Crippen molar-refractivity contribution in [2.45, 2.75) is 0 Å². The first-order valence-corrected chi connectivity index (χ1v) is 9.58. The number of H-pyrrole nitrogens is 1. The van der Waals surface area contributed by atoms with Gasteiger partial charge in [0.05, 0.1) is 17.4 Å². The SMILES string of the molecule is O=C(Nc1cncc(-c2cccc(F)c2)c1)c1n[nH]c2ccc(-c3cccnc3)cc12. The van der Waals surface area contributed by atoms with E-state index < -0.39 is 0 Å². The predicted molar refractivity (Wildman–Crippen MR) is 117 cm³/mol. The number of anilines is 1. The third kappa shape index (κ3) is 3.76. The monoisotopic (exact) mass is 409 g/mol. The van der Waals surface area contributed by atoms with Gasteiger partial charge in [-0.15, -0.1) is 0 Å². The highest BCUT2D eigenvalue weighted by molar-refractivity contribution is 6.11. The zero-order chi connectivity index (χ0) is 21.2. The Bertz CT molecular complexity index is 1400. The molecule has 7 heteroatoms. The molecule has 3 heterocycles. The van der Waals surface area contributed by atoms with Crippen molar-refractivity contribution in [2.24, 2.45) is 0 Å². The number of aromatic amines is 1. The van der Waals surface area contributed by atoms with E-state index in [0.29, 0.717) is 22.2 Å². The molecule has 6 nitrogen and oxygen atoms in total. The van der Waals surface area contributed by atoms with E-state index in [0.717, 1.165) is 16.6 Å². The summed E-state index contributed by atoms with van der Waals surface area (Å²) in [4.78, 5) is 21.3. The van der Waals surface area contributed by atoms with Crippen LogP contribution in [0.3, 0.4) is 0 Å². The van der Waals surface area contributed by atoms with Crippen LogP contribution in [0.1, 0.15) is 10.5 Å². The van der Waals surface area contributed by atoms with Crippen LogP contribution in [0.2, 0.25) is 0 Å². The van der Waals surface area contributed by atoms with E-state index >= 15 is 0 Å². The number of amides is 1. The van der Waals surface area contributed by atoms with Crippen LogP contribution in [0.15, 0.2) is 85.5 Å². The van der Waals surface area contributed by atoms with E-state index in [9.17, 15) is 9.18 Å². The number of nitrogens with zero attached hydrogens (tertiary/aromatic N) is 3. The van der Waals surface area contributed by atoms with Gasteiger partial charge in [-0.3, -0.25) is 19.9 Å². The Morgan fingerprint density at radius 2 is 1.68 bits per heavy atom. The van der Waals surface area contributed by atoms with E-state index in [1.165, 1.54) is 18.3 Å². The van der Waals surface area contributed by atoms with E-state index in [1.54, 1.807) is 36.8 Å². The number of nitrogens with one attached hydrogen (secondary N) is 2. The average Bonchev–Trinajstić information content (AvgIpc) is 3.23. The molecule has 1 amide bonds. The predicted octanol–water partition coefficient (Wildman–Crippen LogP) is 5.08. The van der Waals surface area contributed by atoms with Crippen molar-refractivity contribution in [3.63, 3.8) is 0 Å². The summed E-state index contributed by atoms with van der Waals surface area (Å²) in [5.41, 5.74) is 4.78. The number of carbonyl (C=O) groups is 1. The molecule has 0 unspecified atom stereocenters. The molecule has 0 bridgehead atoms. The lowest BCUT2D eigenvalue weighted by Crippen LogP contribution is -2.13. The van der Waals surface area contributed by atoms with Crippen LogP contribution in [-0.2, 0) is 0 Å². The average molecular weight is 409 g/mol. The number of rotatable bonds is 4. The molecular formula is C24H16FN5O. The highest BCUT2D eigenvalue weighted by atomic mass is 19.1. The third-order valence-corrected chi connectivity index (χ3v) is 4.93. The molecule has 0 radical (unpaired) electrons. The number of hydrogen-bond donors (Lipinski definition) is 2. The van der Waals surface area contributed by atoms with E-state index in [1.807, 2.05) is 30.3 Å². The summed E-state index contributed by atoms with van der Waals surface area (Å²) in [6.07, 6.45) is 6.64. The zero-order valence-electron chi connectivity index (χ0n) is 16.2. The van der Waals surface area contributed by atoms with Crippen molar-refractivity contribution in [1.29, 1.82) is 0 Å². The van der Waals surface area contributed by atoms with Gasteiger partial charge in [0.2, 0.25) is 0 Å². The second-order valence-corrected chi connectivity index (χ2v) is 7.00. The van der Waals surface area contributed by atoms with Gasteiger partial charge >= 0.3 is 0 Å². The molecule has 2 N–H and O–H groups in total. The van der Waals surface area contributed by atoms with Gasteiger partial charge in [0.1, 0.15) is 5.82 Å². The number of halogens is 1. The first kappa shape index (κ1) is 18.6. The molecule has 0 saturated carbocycles. The van der Waals surface area contributed by atoms with Crippen LogP contribution in [0.5, 0.6) is 0 Å². The maximum atomic E-state index is 13.5. The Balaban J connectivity index is 1.45. The summed E-state index contributed by atoms with van der Waals surface area (Å²) in [5.74, 6) is -0.702. The molecule has 0 atom stereocenters. The molecular weight excluding hydrogens is 393 g/mol. The molecule has 0 aliphatic heterocycles. The Kier molecular flexibility index (Phi) is 4.68. The maximum Gasteiger partial charge on any atom is 0.276 e. The van der Waals surface area contributed by atoms with Crippen molar-refractivity contribution < 1.29 is 9.18 Å². The van der Waals surface area contributed by atoms with Crippen LogP contribution in [0.4, 0.5) is 10.1 Å². The van der Waals surface area contributed by atoms with Crippen molar-refractivity contribution in [2.75, 3.05) is 5.32 Å². The Hall–Kier alpha value is -4.39. The minimum Gasteiger partial charge on any atom is -0.319 e. The van der Waals surface area contributed by atoms with Crippen LogP contribution in [0.25, 0.3) is 33.2 Å². The van der Waals surface area contributed by atoms with E-state index in [2.05, 4.69) is 25.5 Å². The van der Waals surface area contributed by atoms with Crippen molar-refractivity contribution >= 4 is 22.5 Å². The molecule has 5 rings (SSSR count). The van der Waals surface area contributed by atoms with Gasteiger partial charge in [-0.25, -0.2) is 4.39 Å². The summed E-state index contributed by atoms with van der Waals surface area (Å²) in [6, 6.07) is 17.5. The number of pyridine rings is 2. The Labute approximate surface area is 176 Å². The molecule has 0 saturated heterocycles. The van der Waals surface area contributed by atoms with Crippen molar-refractivity contribution in [1.82, 2.24) is 20.2 Å². The van der Waals surface area contributed by atoms with Gasteiger partial charge < -0.3 is 5.32 Å². The fourth-order valence-electron chi connectivity index (χ4n) is 3.42. The van der Waals surface area contributed by atoms with Crippen molar-refractivity contribution in [3.8, 4) is 22.3 Å². The first-order valence-electron chi connectivity index (χ1n) is 9.58. The van der Waals surface area contributed by atoms with E-state index in [4.69, 9.17) is 0 Å². The Morgan fingerprint density at radius 3 is 2.52 bits per heavy atom. The lowest BCUT2D eigenvalue weighted by Gasteiger charge is -2.07. The second-order valence-electron chi connectivity index (χ2n) is 7.00. The summed E-state index contributed by atoms with van der Waals surface area (Å²) in [5, 5.41) is 10.6. The molecule has 3 aromatic heterocycles. The lowest BCUT2D eigenvalue weighted by atomic mass is 10.0. The lowest BCUT2D eigenvalue weighted by molar-refractivity contribution is 0.102. The zero-order valence-corrected chi connectivity index (χ0v) is 16.2. The Morgan fingerprint density at radius 1 is 0.839 bits per heavy atom. The molecule has 150 valence electrons. The number of fused-ring (bicyclic) bond motifs is 1. The molecule has 31 heavy (non-hydrogen) atoms. The number of hydrogen-bond acceptors (Lipinski definition) is 4. The summed E-state index contributed by atoms with van der Waals surface area (Å²) >= 11 is 0. The molecule has 0 aliphatic rings. The van der Waals surface area contributed by atoms with Crippen LogP contribution in [-0.4, -0.2) is 26.1 Å². The van der Waals surface area contributed by atoms with Crippen LogP contribution < -0.4 is 5.32 Å². The highest BCUT2D eigenvalue weighted by Crippen LogP contribution is 2.26. The van der Waals surface area contributed by atoms with Crippen LogP contribution >= 0.6 is 0 Å². The number of benzene rings is 2. The van der Waals surface area contributed by atoms with Crippen LogP contribution in [0, 0.1) is 5.82 Å². The van der Waals surface area contributed by atoms with Gasteiger partial charge in [0.15, 0.2) is 5.69 Å². The molecule has 5 aromatic rings. The summed E-state index contributed by atoms with van der Waals surface area (Å²) in [7, 11) is 0. The normalized spacial score (nSPS) is 10.9. The maximum absolute atomic E-state index is 13.5. The molecule has 2 aromatic carbocycles. The largest absolute Gasteiger partial charge is 0.319 e. The van der Waals surface area contributed by atoms with Gasteiger partial charge in [-0.2, -0.15) is 5.10 Å². The van der Waals surface area contributed by atoms with Gasteiger partial charge in [0.25, 0.3) is 5.91 Å². The first-order chi connectivity index (χ1) is 15.2. The van der Waals surface area contributed by atoms with Gasteiger partial charge in [-0.1, -0.05) is 24.3 Å². The number of carbonyl (C=O) groups excluding carboxylic acids is 1. The smallest absolute Gasteiger partial charge is 0.276 e. The topological polar surface area (TPSA) is 83.6 Å². The minimum absolute atomic E-state index is 0.275. The molecule has 0 aliphatic carbocycles. The standard InChI is InChI=1S/C24H16FN5O/c25-19-5-1-3-15(9-19)18-10-20(14-27-13-18)28-24(31)23-21-11-16(6-7-22(21)29-30-23)17-4-2-8-26-12-17/h1-14H,(H,28,31)(H,29,30). The van der Waals surface area contributed by atoms with Gasteiger partial charge in [-0.05, 0) is 47.5 Å². The minimum atomic E-state index is -0.368. The van der Waals surface area contributed by atoms with Gasteiger partial charge in [0, 0.05) is 35.1 Å². The number of aromatic nitrogens is 4. The molecule has 0 spiro atoms. The van der Waals surface area contributed by atoms with Crippen molar-refractivity contribution in [3.05, 3.63) is 97.0 Å². The summed E-state index contributed by atoms with van der Waals surface area (Å²) < 4.78 is 13.5. The molecule has 0 fully saturated rings. The fourth-order valence-corrected chi connectivity index (χ4v) is 3.42. The van der Waals surface area contributed by atoms with E-state index in [-0.39, 0.29) is 17.4 Å². The second kappa shape index (κ2) is 7.79. The third-order valence-electron chi connectivity index (χ3n) is 4.93. The highest BCUT2D eigenvalue weighted by Gasteiger charge is 2.16.